The lowest BCUT2D eigenvalue weighted by Crippen LogP contribution is -2.55. The van der Waals surface area contributed by atoms with Gasteiger partial charge in [-0.15, -0.1) is 0 Å². The fraction of sp³-hybridized carbons (Fsp3) is 0.579. The number of aliphatic hydroxyl groups is 1. The lowest BCUT2D eigenvalue weighted by Gasteiger charge is -2.48. The molecule has 2 aliphatic rings. The summed E-state index contributed by atoms with van der Waals surface area (Å²) >= 11 is 0. The molecule has 1 aromatic carbocycles. The van der Waals surface area contributed by atoms with Gasteiger partial charge < -0.3 is 14.9 Å². The van der Waals surface area contributed by atoms with Gasteiger partial charge >= 0.3 is 0 Å². The number of hydrogen-bond donors (Lipinski definition) is 1. The van der Waals surface area contributed by atoms with Crippen molar-refractivity contribution in [2.45, 2.75) is 32.1 Å². The first-order valence-corrected chi connectivity index (χ1v) is 8.97. The lowest BCUT2D eigenvalue weighted by atomic mass is 9.73. The molecule has 3 rings (SSSR count). The minimum atomic E-state index is -0.490. The van der Waals surface area contributed by atoms with Gasteiger partial charge in [0, 0.05) is 44.6 Å². The molecule has 1 aromatic rings. The van der Waals surface area contributed by atoms with Gasteiger partial charge in [0.2, 0.25) is 5.91 Å². The molecule has 0 bridgehead atoms. The summed E-state index contributed by atoms with van der Waals surface area (Å²) in [5.41, 5.74) is 0.00582. The Bertz CT molecular complexity index is 651. The van der Waals surface area contributed by atoms with E-state index in [2.05, 4.69) is 0 Å². The van der Waals surface area contributed by atoms with Gasteiger partial charge in [-0.2, -0.15) is 0 Å². The summed E-state index contributed by atoms with van der Waals surface area (Å²) in [6.07, 6.45) is 3.65. The molecule has 2 aliphatic heterocycles. The minimum Gasteiger partial charge on any atom is -0.396 e. The molecule has 1 N–H and O–H groups in total. The predicted molar refractivity (Wildman–Crippen MR) is 91.5 cm³/mol. The smallest absolute Gasteiger partial charge is 0.256 e. The molecule has 2 heterocycles. The zero-order valence-electron chi connectivity index (χ0n) is 14.4. The van der Waals surface area contributed by atoms with E-state index in [0.717, 1.165) is 19.3 Å². The van der Waals surface area contributed by atoms with Crippen molar-refractivity contribution in [3.8, 4) is 0 Å². The van der Waals surface area contributed by atoms with Crippen LogP contribution in [-0.2, 0) is 4.79 Å². The van der Waals surface area contributed by atoms with Crippen molar-refractivity contribution in [3.05, 3.63) is 35.6 Å². The SMILES string of the molecule is O=C1CC[C@@]2(CCCN(C(=O)c3ccccc3F)C2)CN1CCCO. The number of amides is 2. The van der Waals surface area contributed by atoms with Gasteiger partial charge in [-0.3, -0.25) is 9.59 Å². The summed E-state index contributed by atoms with van der Waals surface area (Å²) in [5, 5.41) is 9.03. The second kappa shape index (κ2) is 7.52. The first-order valence-electron chi connectivity index (χ1n) is 8.97. The number of rotatable bonds is 4. The Labute approximate surface area is 147 Å². The number of hydrogen-bond acceptors (Lipinski definition) is 3. The van der Waals surface area contributed by atoms with Crippen molar-refractivity contribution in [2.75, 3.05) is 32.8 Å². The van der Waals surface area contributed by atoms with Crippen molar-refractivity contribution >= 4 is 11.8 Å². The standard InChI is InChI=1S/C19H25FN2O3/c20-16-6-2-1-5-15(16)18(25)22-10-3-8-19(14-22)9-7-17(24)21(13-19)11-4-12-23/h1-2,5-6,23H,3-4,7-14H2/t19-/m0/s1. The Balaban J connectivity index is 1.73. The molecular formula is C19H25FN2O3. The van der Waals surface area contributed by atoms with Crippen LogP contribution in [0.3, 0.4) is 0 Å². The maximum Gasteiger partial charge on any atom is 0.256 e. The first kappa shape index (κ1) is 17.9. The fourth-order valence-corrected chi connectivity index (χ4v) is 4.09. The second-order valence-electron chi connectivity index (χ2n) is 7.20. The van der Waals surface area contributed by atoms with Gasteiger partial charge in [-0.1, -0.05) is 12.1 Å². The highest BCUT2D eigenvalue weighted by Gasteiger charge is 2.42. The highest BCUT2D eigenvalue weighted by Crippen LogP contribution is 2.39. The quantitative estimate of drug-likeness (QED) is 0.906. The molecule has 2 fully saturated rings. The molecular weight excluding hydrogens is 323 g/mol. The van der Waals surface area contributed by atoms with E-state index in [4.69, 9.17) is 5.11 Å². The number of benzene rings is 1. The van der Waals surface area contributed by atoms with Crippen LogP contribution in [-0.4, -0.2) is 59.5 Å². The van der Waals surface area contributed by atoms with Crippen LogP contribution in [0.2, 0.25) is 0 Å². The van der Waals surface area contributed by atoms with E-state index < -0.39 is 5.82 Å². The lowest BCUT2D eigenvalue weighted by molar-refractivity contribution is -0.139. The third-order valence-electron chi connectivity index (χ3n) is 5.39. The number of halogens is 1. The number of piperidine rings is 2. The number of likely N-dealkylation sites (tertiary alicyclic amines) is 2. The number of nitrogens with zero attached hydrogens (tertiary/aromatic N) is 2. The van der Waals surface area contributed by atoms with Crippen molar-refractivity contribution in [1.82, 2.24) is 9.80 Å². The molecule has 5 nitrogen and oxygen atoms in total. The first-order chi connectivity index (χ1) is 12.0. The molecule has 1 atom stereocenters. The van der Waals surface area contributed by atoms with Crippen LogP contribution in [0.4, 0.5) is 4.39 Å². The summed E-state index contributed by atoms with van der Waals surface area (Å²) < 4.78 is 14.0. The highest BCUT2D eigenvalue weighted by molar-refractivity contribution is 5.94. The average molecular weight is 348 g/mol. The topological polar surface area (TPSA) is 60.9 Å². The normalized spacial score (nSPS) is 24.0. The summed E-state index contributed by atoms with van der Waals surface area (Å²) in [4.78, 5) is 28.4. The van der Waals surface area contributed by atoms with E-state index in [0.29, 0.717) is 39.0 Å². The molecule has 6 heteroatoms. The Hall–Kier alpha value is -1.95. The molecule has 2 saturated heterocycles. The van der Waals surface area contributed by atoms with Crippen LogP contribution in [0.5, 0.6) is 0 Å². The van der Waals surface area contributed by atoms with Gasteiger partial charge in [0.25, 0.3) is 5.91 Å². The Morgan fingerprint density at radius 1 is 1.24 bits per heavy atom. The van der Waals surface area contributed by atoms with Crippen molar-refractivity contribution in [1.29, 1.82) is 0 Å². The molecule has 0 aliphatic carbocycles. The minimum absolute atomic E-state index is 0.0642. The van der Waals surface area contributed by atoms with Gasteiger partial charge in [0.15, 0.2) is 0 Å². The van der Waals surface area contributed by atoms with E-state index in [1.807, 2.05) is 4.90 Å². The van der Waals surface area contributed by atoms with Crippen molar-refractivity contribution in [3.63, 3.8) is 0 Å². The largest absolute Gasteiger partial charge is 0.396 e. The molecule has 0 saturated carbocycles. The van der Waals surface area contributed by atoms with E-state index in [1.165, 1.54) is 12.1 Å². The van der Waals surface area contributed by atoms with Crippen LogP contribution in [0, 0.1) is 11.2 Å². The summed E-state index contributed by atoms with van der Waals surface area (Å²) in [6, 6.07) is 6.08. The monoisotopic (exact) mass is 348 g/mol. The number of carbonyl (C=O) groups excluding carboxylic acids is 2. The van der Waals surface area contributed by atoms with E-state index in [-0.39, 0.29) is 29.4 Å². The van der Waals surface area contributed by atoms with Crippen LogP contribution >= 0.6 is 0 Å². The predicted octanol–water partition coefficient (Wildman–Crippen LogP) is 2.05. The van der Waals surface area contributed by atoms with E-state index >= 15 is 0 Å². The molecule has 136 valence electrons. The molecule has 0 unspecified atom stereocenters. The van der Waals surface area contributed by atoms with Crippen LogP contribution in [0.25, 0.3) is 0 Å². The highest BCUT2D eigenvalue weighted by atomic mass is 19.1. The van der Waals surface area contributed by atoms with E-state index in [9.17, 15) is 14.0 Å². The third kappa shape index (κ3) is 3.84. The van der Waals surface area contributed by atoms with Crippen LogP contribution < -0.4 is 0 Å². The average Bonchev–Trinajstić information content (AvgIpc) is 2.63. The zero-order valence-corrected chi connectivity index (χ0v) is 14.4. The van der Waals surface area contributed by atoms with Crippen molar-refractivity contribution in [2.24, 2.45) is 5.41 Å². The summed E-state index contributed by atoms with van der Waals surface area (Å²) in [7, 11) is 0. The van der Waals surface area contributed by atoms with Gasteiger partial charge in [0.1, 0.15) is 5.82 Å². The van der Waals surface area contributed by atoms with Gasteiger partial charge in [0.05, 0.1) is 5.56 Å². The molecule has 2 amide bonds. The zero-order chi connectivity index (χ0) is 17.9. The van der Waals surface area contributed by atoms with Gasteiger partial charge in [-0.05, 0) is 37.8 Å². The van der Waals surface area contributed by atoms with E-state index in [1.54, 1.807) is 17.0 Å². The maximum absolute atomic E-state index is 14.0. The van der Waals surface area contributed by atoms with Crippen LogP contribution in [0.15, 0.2) is 24.3 Å². The molecule has 25 heavy (non-hydrogen) atoms. The number of aliphatic hydroxyl groups excluding tert-OH is 1. The number of carbonyl (C=O) groups is 2. The Morgan fingerprint density at radius 2 is 2.04 bits per heavy atom. The van der Waals surface area contributed by atoms with Crippen LogP contribution in [0.1, 0.15) is 42.5 Å². The Morgan fingerprint density at radius 3 is 2.80 bits per heavy atom. The fourth-order valence-electron chi connectivity index (χ4n) is 4.09. The summed E-state index contributed by atoms with van der Waals surface area (Å²) in [5.74, 6) is -0.636. The van der Waals surface area contributed by atoms with Gasteiger partial charge in [-0.25, -0.2) is 4.39 Å². The third-order valence-corrected chi connectivity index (χ3v) is 5.39. The Kier molecular flexibility index (Phi) is 5.37. The molecule has 1 spiro atoms. The second-order valence-corrected chi connectivity index (χ2v) is 7.20. The molecule has 0 radical (unpaired) electrons. The maximum atomic E-state index is 14.0. The van der Waals surface area contributed by atoms with Crippen molar-refractivity contribution < 1.29 is 19.1 Å². The molecule has 0 aromatic heterocycles. The summed E-state index contributed by atoms with van der Waals surface area (Å²) in [6.45, 7) is 2.42.